The fourth-order valence-electron chi connectivity index (χ4n) is 5.00. The van der Waals surface area contributed by atoms with E-state index < -0.39 is 11.6 Å². The average Bonchev–Trinajstić information content (AvgIpc) is 3.37. The maximum atomic E-state index is 14.5. The van der Waals surface area contributed by atoms with E-state index in [2.05, 4.69) is 10.3 Å². The molecule has 1 saturated carbocycles. The van der Waals surface area contributed by atoms with Crippen LogP contribution in [-0.4, -0.2) is 41.4 Å². The van der Waals surface area contributed by atoms with E-state index in [0.29, 0.717) is 36.0 Å². The lowest BCUT2D eigenvalue weighted by Crippen LogP contribution is -2.41. The number of nitrogens with one attached hydrogen (secondary N) is 2. The lowest BCUT2D eigenvalue weighted by molar-refractivity contribution is -0.128. The van der Waals surface area contributed by atoms with Gasteiger partial charge in [0.15, 0.2) is 0 Å². The van der Waals surface area contributed by atoms with Gasteiger partial charge in [-0.05, 0) is 73.1 Å². The number of benzene rings is 2. The van der Waals surface area contributed by atoms with Gasteiger partial charge in [0.2, 0.25) is 5.91 Å². The monoisotopic (exact) mass is 458 g/mol. The van der Waals surface area contributed by atoms with Gasteiger partial charge in [0.05, 0.1) is 30.0 Å². The Morgan fingerprint density at radius 1 is 1.06 bits per heavy atom. The van der Waals surface area contributed by atoms with E-state index in [4.69, 9.17) is 9.84 Å². The number of rotatable bonds is 6. The molecule has 2 fully saturated rings. The summed E-state index contributed by atoms with van der Waals surface area (Å²) in [4.78, 5) is 15.7. The number of halogens is 3. The molecule has 5 nitrogen and oxygen atoms in total. The average molecular weight is 458 g/mol. The summed E-state index contributed by atoms with van der Waals surface area (Å²) < 4.78 is 47.6. The summed E-state index contributed by atoms with van der Waals surface area (Å²) >= 11 is 0. The Morgan fingerprint density at radius 3 is 2.48 bits per heavy atom. The Balaban J connectivity index is 1.34. The molecule has 33 heavy (non-hydrogen) atoms. The largest absolute Gasteiger partial charge is 0.394 e. The number of carbonyl (C=O) groups excluding carboxylic acids is 1. The van der Waals surface area contributed by atoms with Crippen LogP contribution in [0.4, 0.5) is 13.2 Å². The van der Waals surface area contributed by atoms with Gasteiger partial charge in [0.25, 0.3) is 0 Å². The normalized spacial score (nSPS) is 24.7. The van der Waals surface area contributed by atoms with E-state index in [9.17, 15) is 18.0 Å². The molecule has 1 aliphatic heterocycles. The van der Waals surface area contributed by atoms with Gasteiger partial charge in [-0.3, -0.25) is 4.79 Å². The van der Waals surface area contributed by atoms with Gasteiger partial charge in [-0.1, -0.05) is 0 Å². The summed E-state index contributed by atoms with van der Waals surface area (Å²) in [6, 6.07) is 7.99. The van der Waals surface area contributed by atoms with E-state index >= 15 is 0 Å². The summed E-state index contributed by atoms with van der Waals surface area (Å²) in [5, 5.41) is 12.5. The van der Waals surface area contributed by atoms with Crippen molar-refractivity contribution >= 4 is 16.8 Å². The van der Waals surface area contributed by atoms with Gasteiger partial charge in [0, 0.05) is 23.9 Å². The molecule has 1 amide bonds. The molecule has 1 aromatic heterocycles. The van der Waals surface area contributed by atoms with Gasteiger partial charge in [0.1, 0.15) is 17.5 Å². The molecule has 0 bridgehead atoms. The van der Waals surface area contributed by atoms with Crippen molar-refractivity contribution in [1.82, 2.24) is 10.3 Å². The number of hydrogen-bond acceptors (Lipinski definition) is 3. The van der Waals surface area contributed by atoms with Gasteiger partial charge < -0.3 is 20.1 Å². The van der Waals surface area contributed by atoms with E-state index in [0.717, 1.165) is 24.5 Å². The number of H-pyrrole nitrogens is 1. The molecule has 5 rings (SSSR count). The lowest BCUT2D eigenvalue weighted by atomic mass is 9.70. The number of fused-ring (bicyclic) bond motifs is 1. The van der Waals surface area contributed by atoms with Crippen LogP contribution in [0.3, 0.4) is 0 Å². The van der Waals surface area contributed by atoms with Crippen molar-refractivity contribution in [3.63, 3.8) is 0 Å². The lowest BCUT2D eigenvalue weighted by Gasteiger charge is -2.35. The van der Waals surface area contributed by atoms with Crippen LogP contribution in [0.5, 0.6) is 0 Å². The summed E-state index contributed by atoms with van der Waals surface area (Å²) in [6.45, 7) is 0.387. The SMILES string of the molecule is O=C(NC[C@H]1CC[C@@H](CO)O1)C1CC(c2c(-c3ccc(F)cc3)[nH]c3c(F)cc(F)cc23)C1. The van der Waals surface area contributed by atoms with E-state index in [1.54, 1.807) is 12.1 Å². The third kappa shape index (κ3) is 4.25. The zero-order valence-electron chi connectivity index (χ0n) is 17.9. The summed E-state index contributed by atoms with van der Waals surface area (Å²) in [7, 11) is 0. The zero-order chi connectivity index (χ0) is 23.1. The second-order valence-corrected chi connectivity index (χ2v) is 8.98. The Kier molecular flexibility index (Phi) is 5.88. The minimum absolute atomic E-state index is 0.0169. The molecule has 2 aliphatic rings. The molecule has 2 aromatic carbocycles. The fourth-order valence-corrected chi connectivity index (χ4v) is 5.00. The number of hydrogen-bond donors (Lipinski definition) is 3. The predicted octanol–water partition coefficient (Wildman–Crippen LogP) is 4.40. The molecular weight excluding hydrogens is 433 g/mol. The van der Waals surface area contributed by atoms with Crippen molar-refractivity contribution in [3.05, 3.63) is 59.4 Å². The fraction of sp³-hybridized carbons (Fsp3) is 0.400. The minimum atomic E-state index is -0.689. The summed E-state index contributed by atoms with van der Waals surface area (Å²) in [5.41, 5.74) is 2.25. The maximum absolute atomic E-state index is 14.5. The molecule has 3 N–H and O–H groups in total. The molecule has 1 aliphatic carbocycles. The van der Waals surface area contributed by atoms with E-state index in [1.807, 2.05) is 0 Å². The highest BCUT2D eigenvalue weighted by molar-refractivity contribution is 5.92. The van der Waals surface area contributed by atoms with Crippen molar-refractivity contribution in [3.8, 4) is 11.3 Å². The van der Waals surface area contributed by atoms with Crippen LogP contribution >= 0.6 is 0 Å². The molecule has 2 heterocycles. The topological polar surface area (TPSA) is 74.3 Å². The second kappa shape index (κ2) is 8.83. The molecule has 3 aromatic rings. The van der Waals surface area contributed by atoms with Gasteiger partial charge in [-0.2, -0.15) is 0 Å². The Labute approximate surface area is 188 Å². The van der Waals surface area contributed by atoms with Gasteiger partial charge >= 0.3 is 0 Å². The van der Waals surface area contributed by atoms with E-state index in [1.165, 1.54) is 18.2 Å². The first-order chi connectivity index (χ1) is 15.9. The van der Waals surface area contributed by atoms with Crippen LogP contribution in [0.25, 0.3) is 22.2 Å². The van der Waals surface area contributed by atoms with Gasteiger partial charge in [-0.15, -0.1) is 0 Å². The third-order valence-electron chi connectivity index (χ3n) is 6.82. The molecular formula is C25H25F3N2O3. The standard InChI is InChI=1S/C25H25F3N2O3/c26-16-3-1-13(2-4-16)23-22(20-9-17(27)10-21(28)24(20)30-23)14-7-15(8-14)25(32)29-11-18-5-6-19(12-31)33-18/h1-4,9-10,14-15,18-19,30-31H,5-8,11-12H2,(H,29,32)/t14?,15?,18-,19+/m1/s1. The molecule has 174 valence electrons. The summed E-state index contributed by atoms with van der Waals surface area (Å²) in [5.74, 6) is -2.07. The number of carbonyl (C=O) groups is 1. The van der Waals surface area contributed by atoms with Crippen molar-refractivity contribution in [2.24, 2.45) is 5.92 Å². The number of ether oxygens (including phenoxy) is 1. The number of aliphatic hydroxyl groups is 1. The smallest absolute Gasteiger partial charge is 0.223 e. The molecule has 0 unspecified atom stereocenters. The van der Waals surface area contributed by atoms with Crippen LogP contribution in [0.15, 0.2) is 36.4 Å². The number of aliphatic hydroxyl groups excluding tert-OH is 1. The predicted molar refractivity (Wildman–Crippen MR) is 117 cm³/mol. The van der Waals surface area contributed by atoms with Gasteiger partial charge in [-0.25, -0.2) is 13.2 Å². The Bertz CT molecular complexity index is 1170. The summed E-state index contributed by atoms with van der Waals surface area (Å²) in [6.07, 6.45) is 2.43. The van der Waals surface area contributed by atoms with Crippen LogP contribution in [0, 0.1) is 23.4 Å². The molecule has 0 radical (unpaired) electrons. The quantitative estimate of drug-likeness (QED) is 0.513. The molecule has 2 atom stereocenters. The van der Waals surface area contributed by atoms with Crippen molar-refractivity contribution < 1.29 is 27.8 Å². The van der Waals surface area contributed by atoms with Crippen LogP contribution in [-0.2, 0) is 9.53 Å². The molecule has 0 spiro atoms. The zero-order valence-corrected chi connectivity index (χ0v) is 17.9. The second-order valence-electron chi connectivity index (χ2n) is 8.98. The number of aromatic nitrogens is 1. The first-order valence-corrected chi connectivity index (χ1v) is 11.2. The third-order valence-corrected chi connectivity index (χ3v) is 6.82. The highest BCUT2D eigenvalue weighted by Gasteiger charge is 2.39. The first-order valence-electron chi connectivity index (χ1n) is 11.2. The Morgan fingerprint density at radius 2 is 1.79 bits per heavy atom. The first kappa shape index (κ1) is 22.0. The van der Waals surface area contributed by atoms with E-state index in [-0.39, 0.29) is 47.9 Å². The highest BCUT2D eigenvalue weighted by Crippen LogP contribution is 2.48. The van der Waals surface area contributed by atoms with Crippen LogP contribution < -0.4 is 5.32 Å². The number of aromatic amines is 1. The van der Waals surface area contributed by atoms with Crippen molar-refractivity contribution in [1.29, 1.82) is 0 Å². The van der Waals surface area contributed by atoms with Crippen molar-refractivity contribution in [2.45, 2.75) is 43.8 Å². The number of amides is 1. The Hall–Kier alpha value is -2.84. The van der Waals surface area contributed by atoms with Crippen LogP contribution in [0.1, 0.15) is 37.2 Å². The van der Waals surface area contributed by atoms with Crippen molar-refractivity contribution in [2.75, 3.05) is 13.2 Å². The van der Waals surface area contributed by atoms with Crippen LogP contribution in [0.2, 0.25) is 0 Å². The molecule has 1 saturated heterocycles. The molecule has 8 heteroatoms. The highest BCUT2D eigenvalue weighted by atomic mass is 19.1. The maximum Gasteiger partial charge on any atom is 0.223 e. The minimum Gasteiger partial charge on any atom is -0.394 e.